The SMILES string of the molecule is CC(C)(C(=O)O)N1CCC=C(C(=O)O)C1. The summed E-state index contributed by atoms with van der Waals surface area (Å²) in [6, 6.07) is 0. The summed E-state index contributed by atoms with van der Waals surface area (Å²) in [5.74, 6) is -1.91. The number of nitrogens with zero attached hydrogens (tertiary/aromatic N) is 1. The zero-order valence-electron chi connectivity index (χ0n) is 8.86. The molecule has 2 N–H and O–H groups in total. The van der Waals surface area contributed by atoms with Gasteiger partial charge in [0, 0.05) is 18.7 Å². The maximum absolute atomic E-state index is 11.0. The van der Waals surface area contributed by atoms with Crippen LogP contribution in [0.25, 0.3) is 0 Å². The molecule has 84 valence electrons. The Labute approximate surface area is 88.0 Å². The van der Waals surface area contributed by atoms with Gasteiger partial charge < -0.3 is 10.2 Å². The first-order valence-electron chi connectivity index (χ1n) is 4.76. The van der Waals surface area contributed by atoms with Crippen LogP contribution in [0.4, 0.5) is 0 Å². The Morgan fingerprint density at radius 1 is 1.40 bits per heavy atom. The second-order valence-corrected chi connectivity index (χ2v) is 4.11. The first-order valence-corrected chi connectivity index (χ1v) is 4.76. The molecule has 0 atom stereocenters. The summed E-state index contributed by atoms with van der Waals surface area (Å²) in [7, 11) is 0. The molecule has 0 aliphatic carbocycles. The summed E-state index contributed by atoms with van der Waals surface area (Å²) < 4.78 is 0. The number of carboxylic acid groups (broad SMARTS) is 2. The summed E-state index contributed by atoms with van der Waals surface area (Å²) in [5.41, 5.74) is -0.745. The maximum Gasteiger partial charge on any atom is 0.332 e. The van der Waals surface area contributed by atoms with Gasteiger partial charge in [0.2, 0.25) is 0 Å². The van der Waals surface area contributed by atoms with Gasteiger partial charge in [-0.15, -0.1) is 0 Å². The van der Waals surface area contributed by atoms with E-state index in [4.69, 9.17) is 10.2 Å². The largest absolute Gasteiger partial charge is 0.480 e. The van der Waals surface area contributed by atoms with E-state index in [0.717, 1.165) is 0 Å². The lowest BCUT2D eigenvalue weighted by Gasteiger charge is -2.36. The van der Waals surface area contributed by atoms with E-state index in [1.165, 1.54) is 0 Å². The molecule has 0 aromatic rings. The van der Waals surface area contributed by atoms with Crippen molar-refractivity contribution in [2.75, 3.05) is 13.1 Å². The van der Waals surface area contributed by atoms with Crippen LogP contribution in [-0.2, 0) is 9.59 Å². The van der Waals surface area contributed by atoms with Gasteiger partial charge in [-0.25, -0.2) is 4.79 Å². The summed E-state index contributed by atoms with van der Waals surface area (Å²) in [4.78, 5) is 23.4. The third-order valence-corrected chi connectivity index (χ3v) is 2.74. The third kappa shape index (κ3) is 2.36. The molecule has 0 radical (unpaired) electrons. The van der Waals surface area contributed by atoms with Crippen molar-refractivity contribution in [3.63, 3.8) is 0 Å². The van der Waals surface area contributed by atoms with Gasteiger partial charge in [0.15, 0.2) is 0 Å². The average molecular weight is 213 g/mol. The molecule has 15 heavy (non-hydrogen) atoms. The minimum Gasteiger partial charge on any atom is -0.480 e. The lowest BCUT2D eigenvalue weighted by molar-refractivity contribution is -0.150. The number of hydrogen-bond acceptors (Lipinski definition) is 3. The Hall–Kier alpha value is -1.36. The highest BCUT2D eigenvalue weighted by molar-refractivity contribution is 5.87. The first-order chi connectivity index (χ1) is 6.85. The predicted molar refractivity (Wildman–Crippen MR) is 53.6 cm³/mol. The standard InChI is InChI=1S/C10H15NO4/c1-10(2,9(14)15)11-5-3-4-7(6-11)8(12)13/h4H,3,5-6H2,1-2H3,(H,12,13)(H,14,15). The summed E-state index contributed by atoms with van der Waals surface area (Å²) >= 11 is 0. The van der Waals surface area contributed by atoms with E-state index in [1.807, 2.05) is 0 Å². The van der Waals surface area contributed by atoms with Gasteiger partial charge >= 0.3 is 11.9 Å². The van der Waals surface area contributed by atoms with Crippen LogP contribution >= 0.6 is 0 Å². The van der Waals surface area contributed by atoms with Crippen molar-refractivity contribution < 1.29 is 19.8 Å². The van der Waals surface area contributed by atoms with E-state index < -0.39 is 17.5 Å². The molecule has 0 spiro atoms. The van der Waals surface area contributed by atoms with Crippen molar-refractivity contribution in [3.05, 3.63) is 11.6 Å². The topological polar surface area (TPSA) is 77.8 Å². The molecule has 1 aliphatic rings. The Morgan fingerprint density at radius 2 is 2.00 bits per heavy atom. The molecule has 1 heterocycles. The molecule has 1 aliphatic heterocycles. The third-order valence-electron chi connectivity index (χ3n) is 2.74. The van der Waals surface area contributed by atoms with E-state index in [-0.39, 0.29) is 12.1 Å². The lowest BCUT2D eigenvalue weighted by atomic mass is 9.98. The molecule has 0 saturated carbocycles. The lowest BCUT2D eigenvalue weighted by Crippen LogP contribution is -2.52. The summed E-state index contributed by atoms with van der Waals surface area (Å²) in [6.07, 6.45) is 2.23. The van der Waals surface area contributed by atoms with E-state index in [2.05, 4.69) is 0 Å². The van der Waals surface area contributed by atoms with Crippen LogP contribution in [0.15, 0.2) is 11.6 Å². The van der Waals surface area contributed by atoms with Crippen molar-refractivity contribution >= 4 is 11.9 Å². The molecule has 0 aromatic heterocycles. The first kappa shape index (κ1) is 11.7. The van der Waals surface area contributed by atoms with Crippen molar-refractivity contribution in [3.8, 4) is 0 Å². The fourth-order valence-corrected chi connectivity index (χ4v) is 1.51. The number of carboxylic acids is 2. The highest BCUT2D eigenvalue weighted by Crippen LogP contribution is 2.20. The summed E-state index contributed by atoms with van der Waals surface area (Å²) in [6.45, 7) is 3.94. The van der Waals surface area contributed by atoms with Crippen molar-refractivity contribution in [1.29, 1.82) is 0 Å². The van der Waals surface area contributed by atoms with Gasteiger partial charge in [-0.2, -0.15) is 0 Å². The summed E-state index contributed by atoms with van der Waals surface area (Å²) in [5, 5.41) is 17.8. The van der Waals surface area contributed by atoms with Gasteiger partial charge in [0.05, 0.1) is 0 Å². The van der Waals surface area contributed by atoms with Gasteiger partial charge in [-0.3, -0.25) is 9.69 Å². The van der Waals surface area contributed by atoms with Crippen LogP contribution in [0, 0.1) is 0 Å². The predicted octanol–water partition coefficient (Wildman–Crippen LogP) is 0.566. The Morgan fingerprint density at radius 3 is 2.47 bits per heavy atom. The van der Waals surface area contributed by atoms with Crippen molar-refractivity contribution in [2.45, 2.75) is 25.8 Å². The molecular weight excluding hydrogens is 198 g/mol. The van der Waals surface area contributed by atoms with Crippen molar-refractivity contribution in [2.24, 2.45) is 0 Å². The van der Waals surface area contributed by atoms with Crippen LogP contribution in [0.2, 0.25) is 0 Å². The van der Waals surface area contributed by atoms with E-state index in [0.29, 0.717) is 13.0 Å². The molecule has 5 heteroatoms. The fourth-order valence-electron chi connectivity index (χ4n) is 1.51. The molecule has 5 nitrogen and oxygen atoms in total. The highest BCUT2D eigenvalue weighted by Gasteiger charge is 2.36. The highest BCUT2D eigenvalue weighted by atomic mass is 16.4. The smallest absolute Gasteiger partial charge is 0.332 e. The molecule has 0 aromatic carbocycles. The van der Waals surface area contributed by atoms with Crippen LogP contribution in [0.5, 0.6) is 0 Å². The quantitative estimate of drug-likeness (QED) is 0.716. The zero-order chi connectivity index (χ0) is 11.6. The number of hydrogen-bond donors (Lipinski definition) is 2. The van der Waals surface area contributed by atoms with Crippen LogP contribution in [0.1, 0.15) is 20.3 Å². The normalized spacial score (nSPS) is 18.4. The average Bonchev–Trinajstić information content (AvgIpc) is 2.17. The maximum atomic E-state index is 11.0. The molecule has 1 rings (SSSR count). The van der Waals surface area contributed by atoms with Crippen molar-refractivity contribution in [1.82, 2.24) is 4.90 Å². The van der Waals surface area contributed by atoms with E-state index in [1.54, 1.807) is 24.8 Å². The number of rotatable bonds is 3. The van der Waals surface area contributed by atoms with Gasteiger partial charge in [-0.05, 0) is 20.3 Å². The fraction of sp³-hybridized carbons (Fsp3) is 0.600. The van der Waals surface area contributed by atoms with Crippen LogP contribution < -0.4 is 0 Å². The van der Waals surface area contributed by atoms with E-state index in [9.17, 15) is 9.59 Å². The zero-order valence-corrected chi connectivity index (χ0v) is 8.86. The Kier molecular flexibility index (Phi) is 3.14. The molecule has 0 amide bonds. The molecular formula is C10H15NO4. The molecule has 0 unspecified atom stereocenters. The Balaban J connectivity index is 2.81. The molecule has 0 bridgehead atoms. The van der Waals surface area contributed by atoms with Gasteiger partial charge in [0.1, 0.15) is 5.54 Å². The second-order valence-electron chi connectivity index (χ2n) is 4.11. The van der Waals surface area contributed by atoms with Crippen LogP contribution in [-0.4, -0.2) is 45.7 Å². The van der Waals surface area contributed by atoms with Gasteiger partial charge in [-0.1, -0.05) is 6.08 Å². The number of aliphatic carboxylic acids is 2. The minimum absolute atomic E-state index is 0.189. The minimum atomic E-state index is -1.02. The second kappa shape index (κ2) is 4.02. The van der Waals surface area contributed by atoms with Crippen LogP contribution in [0.3, 0.4) is 0 Å². The van der Waals surface area contributed by atoms with E-state index >= 15 is 0 Å². The monoisotopic (exact) mass is 213 g/mol. The number of carbonyl (C=O) groups is 2. The molecule has 0 fully saturated rings. The van der Waals surface area contributed by atoms with Gasteiger partial charge in [0.25, 0.3) is 0 Å². The molecule has 0 saturated heterocycles. The Bertz CT molecular complexity index is 319.